The van der Waals surface area contributed by atoms with E-state index in [0.717, 1.165) is 11.8 Å². The fourth-order valence-electron chi connectivity index (χ4n) is 26.9. The molecule has 4 spiro atoms. The molecule has 8 saturated heterocycles. The molecule has 17 rings (SSSR count). The van der Waals surface area contributed by atoms with Crippen LogP contribution in [0.3, 0.4) is 0 Å². The molecule has 0 unspecified atom stereocenters. The molecule has 3 aliphatic carbocycles. The minimum Gasteiger partial charge on any atom is -0.326 e. The smallest absolute Gasteiger partial charge is 0.0798 e. The molecule has 0 N–H and O–H groups in total. The maximum atomic E-state index is 2.59. The molecule has 6 aromatic rings. The van der Waals surface area contributed by atoms with Crippen molar-refractivity contribution in [2.75, 3.05) is 132 Å². The van der Waals surface area contributed by atoms with Crippen molar-refractivity contribution in [1.82, 2.24) is 0 Å². The van der Waals surface area contributed by atoms with Gasteiger partial charge in [-0.2, -0.15) is 0 Å². The first-order valence-electron chi connectivity index (χ1n) is 49.8. The molecule has 5 nitrogen and oxygen atoms in total. The third-order valence-electron chi connectivity index (χ3n) is 34.2. The number of rotatable bonds is 28. The van der Waals surface area contributed by atoms with Gasteiger partial charge in [0.2, 0.25) is 0 Å². The van der Waals surface area contributed by atoms with Gasteiger partial charge in [0.25, 0.3) is 0 Å². The molecule has 5 heteroatoms. The van der Waals surface area contributed by atoms with Gasteiger partial charge in [-0.3, -0.25) is 0 Å². The van der Waals surface area contributed by atoms with E-state index in [0.29, 0.717) is 0 Å². The molecule has 0 radical (unpaired) electrons. The van der Waals surface area contributed by atoms with Crippen molar-refractivity contribution in [3.8, 4) is 33.4 Å². The lowest BCUT2D eigenvalue weighted by Crippen LogP contribution is -2.58. The van der Waals surface area contributed by atoms with Crippen LogP contribution in [-0.2, 0) is 16.2 Å². The van der Waals surface area contributed by atoms with Crippen molar-refractivity contribution < 1.29 is 22.4 Å². The summed E-state index contributed by atoms with van der Waals surface area (Å²) < 4.78 is 7.05. The van der Waals surface area contributed by atoms with Gasteiger partial charge in [0.1, 0.15) is 0 Å². The minimum absolute atomic E-state index is 0.208. The average molecular weight is 1560 g/mol. The number of hydrogen-bond donors (Lipinski definition) is 0. The fourth-order valence-corrected chi connectivity index (χ4v) is 26.9. The standard InChI is InChI=1S/C47H74N2.C39H62N2.C24H30N/c1-39-19-21-43-44-22-20-40(2)38-46(44)47(45(43)37-39,27-11-5-3-9-17-41-23-33-48(34-24-41)29-13-7-14-30-48)28-12-6-4-10-18-42-25-35-49(36-26-42)31-15-8-16-32-49;1-33-19-21-35-36-22-20-34(2)32-38(36)39(37(35)31-33,23-11-5-7-13-25-40(3)27-15-9-16-28-40)24-12-6-8-14-26-41(4)29-17-10-18-30-41;1-18-6-8-20-21-9-7-19(2)17-23(21)24(22(20)16-18)10-14-25(15-11-24)12-4-3-5-13-25/h19-22,37-38,41-42H,3-18,23-36H2,1-2H3;19-22,31-32H,5-18,23-30H2,1-4H3;6-9,16-17H,3-5,10-15H2,1-2H3/q2*+2;+1. The van der Waals surface area contributed by atoms with E-state index < -0.39 is 0 Å². The number of nitrogens with zero attached hydrogens (tertiary/aromatic N) is 5. The van der Waals surface area contributed by atoms with Crippen LogP contribution in [0.1, 0.15) is 343 Å². The normalized spacial score (nSPS) is 22.6. The van der Waals surface area contributed by atoms with Crippen LogP contribution in [0.4, 0.5) is 0 Å². The zero-order chi connectivity index (χ0) is 79.4. The third-order valence-corrected chi connectivity index (χ3v) is 34.2. The van der Waals surface area contributed by atoms with E-state index in [1.807, 2.05) is 0 Å². The van der Waals surface area contributed by atoms with Gasteiger partial charge in [0.05, 0.1) is 132 Å². The van der Waals surface area contributed by atoms with E-state index in [1.54, 1.807) is 44.5 Å². The summed E-state index contributed by atoms with van der Waals surface area (Å²) in [5.41, 5.74) is 28.3. The van der Waals surface area contributed by atoms with Crippen LogP contribution in [0, 0.1) is 53.4 Å². The topological polar surface area (TPSA) is 0 Å². The monoisotopic (exact) mass is 1560 g/mol. The molecule has 8 fully saturated rings. The lowest BCUT2D eigenvalue weighted by atomic mass is 9.69. The summed E-state index contributed by atoms with van der Waals surface area (Å²) in [6, 6.07) is 43.8. The number of benzene rings is 6. The number of aryl methyl sites for hydroxylation is 6. The van der Waals surface area contributed by atoms with Crippen molar-refractivity contribution in [1.29, 1.82) is 0 Å². The van der Waals surface area contributed by atoms with Crippen molar-refractivity contribution in [3.05, 3.63) is 176 Å². The van der Waals surface area contributed by atoms with Gasteiger partial charge in [-0.1, -0.05) is 232 Å². The molecular formula is C110H166N5+5. The molecule has 0 atom stereocenters. The van der Waals surface area contributed by atoms with Gasteiger partial charge in [-0.05, 0) is 294 Å². The Morgan fingerprint density at radius 2 is 0.478 bits per heavy atom. The Morgan fingerprint density at radius 1 is 0.243 bits per heavy atom. The van der Waals surface area contributed by atoms with Crippen molar-refractivity contribution in [2.45, 2.75) is 334 Å². The molecule has 0 bridgehead atoms. The summed E-state index contributed by atoms with van der Waals surface area (Å²) in [6.45, 7) is 39.7. The van der Waals surface area contributed by atoms with Crippen molar-refractivity contribution in [2.24, 2.45) is 11.8 Å². The summed E-state index contributed by atoms with van der Waals surface area (Å²) in [4.78, 5) is 0. The highest BCUT2D eigenvalue weighted by Gasteiger charge is 2.51. The number of likely N-dealkylation sites (tertiary alicyclic amines) is 2. The van der Waals surface area contributed by atoms with Crippen LogP contribution < -0.4 is 0 Å². The molecule has 8 aliphatic heterocycles. The largest absolute Gasteiger partial charge is 0.326 e. The van der Waals surface area contributed by atoms with Gasteiger partial charge in [-0.15, -0.1) is 0 Å². The molecule has 626 valence electrons. The summed E-state index contributed by atoms with van der Waals surface area (Å²) >= 11 is 0. The predicted molar refractivity (Wildman–Crippen MR) is 493 cm³/mol. The second-order valence-electron chi connectivity index (χ2n) is 42.8. The highest BCUT2D eigenvalue weighted by atomic mass is 15.4. The maximum Gasteiger partial charge on any atom is 0.0798 e. The average Bonchev–Trinajstić information content (AvgIpc) is 1.88. The van der Waals surface area contributed by atoms with E-state index >= 15 is 0 Å². The van der Waals surface area contributed by atoms with Gasteiger partial charge in [0.15, 0.2) is 0 Å². The van der Waals surface area contributed by atoms with Crippen LogP contribution in [0.15, 0.2) is 109 Å². The van der Waals surface area contributed by atoms with E-state index in [2.05, 4.69) is 165 Å². The second kappa shape index (κ2) is 38.5. The van der Waals surface area contributed by atoms with Crippen LogP contribution in [-0.4, -0.2) is 154 Å². The molecule has 0 aromatic heterocycles. The summed E-state index contributed by atoms with van der Waals surface area (Å²) in [5, 5.41) is 0. The van der Waals surface area contributed by atoms with E-state index in [4.69, 9.17) is 0 Å². The maximum absolute atomic E-state index is 2.59. The van der Waals surface area contributed by atoms with Crippen LogP contribution in [0.5, 0.6) is 0 Å². The van der Waals surface area contributed by atoms with Crippen LogP contribution in [0.25, 0.3) is 33.4 Å². The minimum atomic E-state index is 0.208. The lowest BCUT2D eigenvalue weighted by Gasteiger charge is -2.50. The Balaban J connectivity index is 0.000000142. The highest BCUT2D eigenvalue weighted by Crippen LogP contribution is 2.59. The highest BCUT2D eigenvalue weighted by molar-refractivity contribution is 5.84. The zero-order valence-corrected chi connectivity index (χ0v) is 75.4. The molecule has 11 aliphatic rings. The molecule has 0 amide bonds. The quantitative estimate of drug-likeness (QED) is 0.0339. The zero-order valence-electron chi connectivity index (χ0n) is 75.4. The number of fused-ring (bicyclic) bond motifs is 11. The summed E-state index contributed by atoms with van der Waals surface area (Å²) in [5.74, 6) is 2.03. The predicted octanol–water partition coefficient (Wildman–Crippen LogP) is 27.2. The molecule has 0 saturated carbocycles. The molecular weight excluding hydrogens is 1390 g/mol. The lowest BCUT2D eigenvalue weighted by molar-refractivity contribution is -0.937. The van der Waals surface area contributed by atoms with Crippen LogP contribution >= 0.6 is 0 Å². The Hall–Kier alpha value is -4.88. The molecule has 6 aromatic carbocycles. The molecule has 115 heavy (non-hydrogen) atoms. The Morgan fingerprint density at radius 3 is 0.765 bits per heavy atom. The van der Waals surface area contributed by atoms with Crippen LogP contribution in [0.2, 0.25) is 0 Å². The van der Waals surface area contributed by atoms with Crippen molar-refractivity contribution in [3.63, 3.8) is 0 Å². The Labute approximate surface area is 705 Å². The third kappa shape index (κ3) is 19.9. The second-order valence-corrected chi connectivity index (χ2v) is 42.8. The summed E-state index contributed by atoms with van der Waals surface area (Å²) in [7, 11) is 5.03. The first-order valence-corrected chi connectivity index (χ1v) is 49.8. The van der Waals surface area contributed by atoms with Crippen molar-refractivity contribution >= 4 is 0 Å². The van der Waals surface area contributed by atoms with E-state index in [1.165, 1.54) is 472 Å². The number of hydrogen-bond acceptors (Lipinski definition) is 0. The molecule has 8 heterocycles. The number of quaternary nitrogens is 5. The first-order chi connectivity index (χ1) is 55.9. The van der Waals surface area contributed by atoms with Gasteiger partial charge in [-0.25, -0.2) is 0 Å². The number of unbranched alkanes of at least 4 members (excludes halogenated alkanes) is 12. The van der Waals surface area contributed by atoms with Gasteiger partial charge in [0, 0.05) is 29.1 Å². The Kier molecular flexibility index (Phi) is 28.5. The van der Waals surface area contributed by atoms with E-state index in [-0.39, 0.29) is 16.2 Å². The first kappa shape index (κ1) is 85.1. The van der Waals surface area contributed by atoms with E-state index in [9.17, 15) is 0 Å². The summed E-state index contributed by atoms with van der Waals surface area (Å²) in [6.07, 6.45) is 61.5. The van der Waals surface area contributed by atoms with Gasteiger partial charge >= 0.3 is 0 Å². The number of piperidine rings is 8. The SMILES string of the molecule is Cc1ccc2c(c1)C(CCCCCCC1CC[N+]3(CCCCC3)CC1)(CCCCCCC1CC[N+]3(CCCCC3)CC1)c1cc(C)ccc1-2.Cc1ccc2c(c1)C(CCCCCC[N+]1(C)CCCCC1)(CCCCCC[N+]1(C)CCCCC1)c1cc(C)ccc1-2.Cc1ccc2c(c1)C1(CC[N+]3(CCCCC3)CC1)c1cc(C)ccc1-2. The Bertz CT molecular complexity index is 3840. The van der Waals surface area contributed by atoms with Gasteiger partial charge < -0.3 is 22.4 Å². The fraction of sp³-hybridized carbons (Fsp3) is 0.673.